The third-order valence-corrected chi connectivity index (χ3v) is 4.12. The Kier molecular flexibility index (Phi) is 3.77. The zero-order valence-electron chi connectivity index (χ0n) is 10.6. The van der Waals surface area contributed by atoms with Crippen molar-refractivity contribution in [2.24, 2.45) is 0 Å². The standard InChI is InChI=1S/C14H12O6S/c15-10-2-4-12(17)14(8-10)21(19,20)6-5-9-1-3-11(16)13(18)7-9/h1-8,15-18H/b6-5+. The number of hydrogen-bond donors (Lipinski definition) is 4. The molecule has 0 aromatic heterocycles. The lowest BCUT2D eigenvalue weighted by atomic mass is 10.2. The van der Waals surface area contributed by atoms with E-state index in [1.54, 1.807) is 0 Å². The van der Waals surface area contributed by atoms with Crippen LogP contribution in [0.4, 0.5) is 0 Å². The Hall–Kier alpha value is -2.67. The monoisotopic (exact) mass is 308 g/mol. The number of sulfone groups is 1. The Labute approximate surface area is 120 Å². The van der Waals surface area contributed by atoms with Crippen molar-refractivity contribution in [2.45, 2.75) is 4.90 Å². The second-order valence-corrected chi connectivity index (χ2v) is 6.05. The van der Waals surface area contributed by atoms with Crippen molar-refractivity contribution < 1.29 is 28.8 Å². The van der Waals surface area contributed by atoms with Gasteiger partial charge in [-0.1, -0.05) is 6.07 Å². The first-order valence-corrected chi connectivity index (χ1v) is 7.31. The molecule has 0 radical (unpaired) electrons. The molecule has 0 aliphatic carbocycles. The summed E-state index contributed by atoms with van der Waals surface area (Å²) in [6, 6.07) is 6.97. The van der Waals surface area contributed by atoms with Gasteiger partial charge in [0, 0.05) is 11.5 Å². The highest BCUT2D eigenvalue weighted by Crippen LogP contribution is 2.29. The van der Waals surface area contributed by atoms with Gasteiger partial charge in [-0.15, -0.1) is 0 Å². The van der Waals surface area contributed by atoms with Gasteiger partial charge in [-0.05, 0) is 35.9 Å². The van der Waals surface area contributed by atoms with Crippen LogP contribution in [-0.4, -0.2) is 28.8 Å². The topological polar surface area (TPSA) is 115 Å². The van der Waals surface area contributed by atoms with E-state index in [0.29, 0.717) is 5.56 Å². The molecule has 2 aromatic rings. The Morgan fingerprint density at radius 2 is 1.48 bits per heavy atom. The lowest BCUT2D eigenvalue weighted by molar-refractivity contribution is 0.403. The molecule has 21 heavy (non-hydrogen) atoms. The summed E-state index contributed by atoms with van der Waals surface area (Å²) < 4.78 is 24.1. The molecule has 2 aromatic carbocycles. The van der Waals surface area contributed by atoms with Gasteiger partial charge in [0.1, 0.15) is 16.4 Å². The van der Waals surface area contributed by atoms with Crippen molar-refractivity contribution in [2.75, 3.05) is 0 Å². The molecule has 0 unspecified atom stereocenters. The number of hydrogen-bond acceptors (Lipinski definition) is 6. The maximum Gasteiger partial charge on any atom is 0.203 e. The molecule has 0 heterocycles. The number of benzene rings is 2. The molecule has 110 valence electrons. The molecule has 4 N–H and O–H groups in total. The molecule has 0 spiro atoms. The van der Waals surface area contributed by atoms with Crippen molar-refractivity contribution in [3.05, 3.63) is 47.4 Å². The van der Waals surface area contributed by atoms with Gasteiger partial charge in [0.15, 0.2) is 11.5 Å². The van der Waals surface area contributed by atoms with Crippen LogP contribution in [0.1, 0.15) is 5.56 Å². The number of rotatable bonds is 3. The van der Waals surface area contributed by atoms with Crippen LogP contribution in [0.2, 0.25) is 0 Å². The average Bonchev–Trinajstić information content (AvgIpc) is 2.43. The van der Waals surface area contributed by atoms with Crippen LogP contribution in [0.3, 0.4) is 0 Å². The first-order valence-electron chi connectivity index (χ1n) is 5.77. The molecule has 0 amide bonds. The highest BCUT2D eigenvalue weighted by molar-refractivity contribution is 7.94. The molecule has 0 aliphatic rings. The summed E-state index contributed by atoms with van der Waals surface area (Å²) in [5.41, 5.74) is 0.341. The molecule has 0 fully saturated rings. The van der Waals surface area contributed by atoms with Gasteiger partial charge in [0.05, 0.1) is 0 Å². The van der Waals surface area contributed by atoms with Crippen LogP contribution in [0.25, 0.3) is 6.08 Å². The van der Waals surface area contributed by atoms with Crippen molar-refractivity contribution in [1.82, 2.24) is 0 Å². The Balaban J connectivity index is 2.38. The third kappa shape index (κ3) is 3.26. The lowest BCUT2D eigenvalue weighted by Gasteiger charge is -2.03. The lowest BCUT2D eigenvalue weighted by Crippen LogP contribution is -1.96. The minimum Gasteiger partial charge on any atom is -0.508 e. The Morgan fingerprint density at radius 3 is 2.14 bits per heavy atom. The molecule has 0 bridgehead atoms. The van der Waals surface area contributed by atoms with Gasteiger partial charge in [-0.2, -0.15) is 0 Å². The minimum atomic E-state index is -3.97. The van der Waals surface area contributed by atoms with Crippen LogP contribution >= 0.6 is 0 Å². The van der Waals surface area contributed by atoms with Crippen molar-refractivity contribution in [3.63, 3.8) is 0 Å². The van der Waals surface area contributed by atoms with E-state index in [4.69, 9.17) is 5.11 Å². The van der Waals surface area contributed by atoms with E-state index in [-0.39, 0.29) is 17.2 Å². The van der Waals surface area contributed by atoms with E-state index < -0.39 is 20.5 Å². The number of phenols is 4. The second-order valence-electron chi connectivity index (χ2n) is 4.25. The van der Waals surface area contributed by atoms with Crippen LogP contribution in [0.15, 0.2) is 46.7 Å². The fraction of sp³-hybridized carbons (Fsp3) is 0. The van der Waals surface area contributed by atoms with Crippen LogP contribution in [-0.2, 0) is 9.84 Å². The maximum atomic E-state index is 12.1. The zero-order chi connectivity index (χ0) is 15.6. The fourth-order valence-electron chi connectivity index (χ4n) is 1.62. The Bertz CT molecular complexity index is 808. The molecule has 0 atom stereocenters. The van der Waals surface area contributed by atoms with Gasteiger partial charge >= 0.3 is 0 Å². The van der Waals surface area contributed by atoms with E-state index >= 15 is 0 Å². The summed E-state index contributed by atoms with van der Waals surface area (Å²) in [6.45, 7) is 0. The van der Waals surface area contributed by atoms with E-state index in [1.807, 2.05) is 0 Å². The summed E-state index contributed by atoms with van der Waals surface area (Å²) in [7, 11) is -3.97. The van der Waals surface area contributed by atoms with Gasteiger partial charge in [-0.3, -0.25) is 0 Å². The average molecular weight is 308 g/mol. The maximum absolute atomic E-state index is 12.1. The second kappa shape index (κ2) is 5.37. The van der Waals surface area contributed by atoms with E-state index in [1.165, 1.54) is 24.3 Å². The quantitative estimate of drug-likeness (QED) is 0.509. The fourth-order valence-corrected chi connectivity index (χ4v) is 2.74. The SMILES string of the molecule is O=S(=O)(/C=C/c1ccc(O)c(O)c1)c1cc(O)ccc1O. The summed E-state index contributed by atoms with van der Waals surface area (Å²) in [4.78, 5) is -0.429. The first kappa shape index (κ1) is 14.7. The first-order chi connectivity index (χ1) is 9.79. The van der Waals surface area contributed by atoms with Crippen LogP contribution in [0.5, 0.6) is 23.0 Å². The van der Waals surface area contributed by atoms with Gasteiger partial charge < -0.3 is 20.4 Å². The summed E-state index contributed by atoms with van der Waals surface area (Å²) in [5, 5.41) is 38.2. The Morgan fingerprint density at radius 1 is 0.810 bits per heavy atom. The van der Waals surface area contributed by atoms with Gasteiger partial charge in [-0.25, -0.2) is 8.42 Å². The van der Waals surface area contributed by atoms with Crippen molar-refractivity contribution >= 4 is 15.9 Å². The van der Waals surface area contributed by atoms with Crippen LogP contribution < -0.4 is 0 Å². The molecule has 7 heteroatoms. The highest BCUT2D eigenvalue weighted by Gasteiger charge is 2.16. The number of phenolic OH excluding ortho intramolecular Hbond substituents is 4. The molecule has 0 saturated heterocycles. The predicted octanol–water partition coefficient (Wildman–Crippen LogP) is 1.95. The molecule has 6 nitrogen and oxygen atoms in total. The molecule has 2 rings (SSSR count). The minimum absolute atomic E-state index is 0.290. The summed E-state index contributed by atoms with van der Waals surface area (Å²) in [5.74, 6) is -1.47. The van der Waals surface area contributed by atoms with E-state index in [0.717, 1.165) is 23.6 Å². The van der Waals surface area contributed by atoms with Gasteiger partial charge in [0.2, 0.25) is 9.84 Å². The van der Waals surface area contributed by atoms with Crippen molar-refractivity contribution in [1.29, 1.82) is 0 Å². The normalized spacial score (nSPS) is 11.8. The summed E-state index contributed by atoms with van der Waals surface area (Å²) in [6.07, 6.45) is 1.19. The smallest absolute Gasteiger partial charge is 0.203 e. The van der Waals surface area contributed by atoms with E-state index in [9.17, 15) is 23.7 Å². The molecular weight excluding hydrogens is 296 g/mol. The van der Waals surface area contributed by atoms with E-state index in [2.05, 4.69) is 0 Å². The molecular formula is C14H12O6S. The number of aromatic hydroxyl groups is 4. The van der Waals surface area contributed by atoms with Gasteiger partial charge in [0.25, 0.3) is 0 Å². The zero-order valence-corrected chi connectivity index (χ0v) is 11.4. The van der Waals surface area contributed by atoms with Crippen molar-refractivity contribution in [3.8, 4) is 23.0 Å². The van der Waals surface area contributed by atoms with Crippen LogP contribution in [0, 0.1) is 0 Å². The molecule has 0 aliphatic heterocycles. The highest BCUT2D eigenvalue weighted by atomic mass is 32.2. The third-order valence-electron chi connectivity index (χ3n) is 2.69. The summed E-state index contributed by atoms with van der Waals surface area (Å²) >= 11 is 0. The molecule has 0 saturated carbocycles. The largest absolute Gasteiger partial charge is 0.508 e. The predicted molar refractivity (Wildman–Crippen MR) is 75.8 cm³/mol.